The molecule has 1 atom stereocenters. The van der Waals surface area contributed by atoms with Gasteiger partial charge in [0.05, 0.1) is 12.6 Å². The number of guanidine groups is 1. The van der Waals surface area contributed by atoms with Crippen LogP contribution in [0.3, 0.4) is 0 Å². The average Bonchev–Trinajstić information content (AvgIpc) is 2.99. The van der Waals surface area contributed by atoms with Crippen molar-refractivity contribution >= 4 is 5.96 Å². The van der Waals surface area contributed by atoms with E-state index in [1.54, 1.807) is 0 Å². The van der Waals surface area contributed by atoms with Gasteiger partial charge in [-0.05, 0) is 33.8 Å². The summed E-state index contributed by atoms with van der Waals surface area (Å²) in [5.41, 5.74) is 0.972. The van der Waals surface area contributed by atoms with Gasteiger partial charge in [-0.1, -0.05) is 18.2 Å². The number of ether oxygens (including phenoxy) is 1. The SMILES string of the molecule is CCNC(=NCCn1ccnc1C)NC1CC(C)(C)Oc2ccccc21. The van der Waals surface area contributed by atoms with Crippen molar-refractivity contribution in [2.45, 2.75) is 52.3 Å². The van der Waals surface area contributed by atoms with E-state index in [1.165, 1.54) is 5.56 Å². The van der Waals surface area contributed by atoms with E-state index in [1.807, 2.05) is 31.5 Å². The molecule has 0 spiro atoms. The standard InChI is InChI=1S/C20H29N5O/c1-5-21-19(23-11-13-25-12-10-22-15(25)2)24-17-14-20(3,4)26-18-9-7-6-8-16(17)18/h6-10,12,17H,5,11,13-14H2,1-4H3,(H2,21,23,24). The van der Waals surface area contributed by atoms with Crippen molar-refractivity contribution in [3.05, 3.63) is 48.0 Å². The lowest BCUT2D eigenvalue weighted by Crippen LogP contribution is -2.45. The van der Waals surface area contributed by atoms with Crippen LogP contribution in [-0.2, 0) is 6.54 Å². The van der Waals surface area contributed by atoms with E-state index in [-0.39, 0.29) is 11.6 Å². The molecule has 3 rings (SSSR count). The van der Waals surface area contributed by atoms with Crippen LogP contribution in [0.1, 0.15) is 44.6 Å². The summed E-state index contributed by atoms with van der Waals surface area (Å²) in [4.78, 5) is 9.00. The third-order valence-electron chi connectivity index (χ3n) is 4.57. The molecule has 0 fully saturated rings. The molecule has 2 N–H and O–H groups in total. The Morgan fingerprint density at radius 1 is 1.38 bits per heavy atom. The Balaban J connectivity index is 1.73. The smallest absolute Gasteiger partial charge is 0.191 e. The molecule has 0 saturated heterocycles. The minimum atomic E-state index is -0.211. The second kappa shape index (κ2) is 7.81. The van der Waals surface area contributed by atoms with Crippen LogP contribution in [0.4, 0.5) is 0 Å². The van der Waals surface area contributed by atoms with E-state index < -0.39 is 0 Å². The van der Waals surface area contributed by atoms with E-state index in [2.05, 4.69) is 53.1 Å². The molecule has 0 saturated carbocycles. The Hall–Kier alpha value is -2.50. The van der Waals surface area contributed by atoms with Crippen LogP contribution in [0.5, 0.6) is 5.75 Å². The van der Waals surface area contributed by atoms with Crippen LogP contribution in [0.25, 0.3) is 0 Å². The van der Waals surface area contributed by atoms with Gasteiger partial charge in [0, 0.05) is 37.5 Å². The van der Waals surface area contributed by atoms with Crippen molar-refractivity contribution < 1.29 is 4.74 Å². The maximum Gasteiger partial charge on any atom is 0.191 e. The average molecular weight is 355 g/mol. The maximum absolute atomic E-state index is 6.12. The first kappa shape index (κ1) is 18.3. The van der Waals surface area contributed by atoms with Crippen LogP contribution < -0.4 is 15.4 Å². The van der Waals surface area contributed by atoms with Gasteiger partial charge >= 0.3 is 0 Å². The molecule has 1 aromatic carbocycles. The van der Waals surface area contributed by atoms with Crippen molar-refractivity contribution in [2.75, 3.05) is 13.1 Å². The highest BCUT2D eigenvalue weighted by atomic mass is 16.5. The largest absolute Gasteiger partial charge is 0.487 e. The number of aryl methyl sites for hydroxylation is 1. The molecular formula is C20H29N5O. The summed E-state index contributed by atoms with van der Waals surface area (Å²) in [6.45, 7) is 10.7. The van der Waals surface area contributed by atoms with Crippen molar-refractivity contribution in [1.82, 2.24) is 20.2 Å². The number of aromatic nitrogens is 2. The molecule has 140 valence electrons. The number of aliphatic imine (C=N–C) groups is 1. The number of nitrogens with one attached hydrogen (secondary N) is 2. The van der Waals surface area contributed by atoms with Crippen molar-refractivity contribution in [1.29, 1.82) is 0 Å². The van der Waals surface area contributed by atoms with Gasteiger partial charge in [0.15, 0.2) is 5.96 Å². The fourth-order valence-corrected chi connectivity index (χ4v) is 3.33. The number of fused-ring (bicyclic) bond motifs is 1. The molecule has 0 radical (unpaired) electrons. The van der Waals surface area contributed by atoms with Gasteiger partial charge in [-0.3, -0.25) is 4.99 Å². The van der Waals surface area contributed by atoms with Crippen LogP contribution in [0.15, 0.2) is 41.7 Å². The molecule has 26 heavy (non-hydrogen) atoms. The minimum absolute atomic E-state index is 0.169. The van der Waals surface area contributed by atoms with Gasteiger partial charge in [-0.25, -0.2) is 4.98 Å². The third-order valence-corrected chi connectivity index (χ3v) is 4.57. The first-order chi connectivity index (χ1) is 12.5. The van der Waals surface area contributed by atoms with Crippen molar-refractivity contribution in [2.24, 2.45) is 4.99 Å². The summed E-state index contributed by atoms with van der Waals surface area (Å²) in [5.74, 6) is 2.80. The summed E-state index contributed by atoms with van der Waals surface area (Å²) >= 11 is 0. The van der Waals surface area contributed by atoms with E-state index in [0.29, 0.717) is 6.54 Å². The van der Waals surface area contributed by atoms with E-state index >= 15 is 0 Å². The van der Waals surface area contributed by atoms with Gasteiger partial charge in [-0.15, -0.1) is 0 Å². The molecule has 2 heterocycles. The lowest BCUT2D eigenvalue weighted by atomic mass is 9.90. The zero-order chi connectivity index (χ0) is 18.6. The molecular weight excluding hydrogens is 326 g/mol. The second-order valence-electron chi connectivity index (χ2n) is 7.23. The monoisotopic (exact) mass is 355 g/mol. The number of para-hydroxylation sites is 1. The first-order valence-electron chi connectivity index (χ1n) is 9.29. The molecule has 1 aliphatic rings. The Morgan fingerprint density at radius 3 is 2.92 bits per heavy atom. The predicted octanol–water partition coefficient (Wildman–Crippen LogP) is 3.05. The number of imidazole rings is 1. The lowest BCUT2D eigenvalue weighted by Gasteiger charge is -2.38. The van der Waals surface area contributed by atoms with Crippen molar-refractivity contribution in [3.63, 3.8) is 0 Å². The molecule has 0 amide bonds. The van der Waals surface area contributed by atoms with E-state index in [0.717, 1.165) is 37.0 Å². The van der Waals surface area contributed by atoms with E-state index in [4.69, 9.17) is 9.73 Å². The molecule has 0 aliphatic carbocycles. The topological polar surface area (TPSA) is 63.5 Å². The molecule has 1 aliphatic heterocycles. The number of hydrogen-bond acceptors (Lipinski definition) is 3. The Morgan fingerprint density at radius 2 is 2.19 bits per heavy atom. The summed E-state index contributed by atoms with van der Waals surface area (Å²) < 4.78 is 8.23. The quantitative estimate of drug-likeness (QED) is 0.639. The van der Waals surface area contributed by atoms with Gasteiger partial charge < -0.3 is 19.9 Å². The second-order valence-corrected chi connectivity index (χ2v) is 7.23. The van der Waals surface area contributed by atoms with Gasteiger partial charge in [0.2, 0.25) is 0 Å². The van der Waals surface area contributed by atoms with Crippen LogP contribution in [0, 0.1) is 6.92 Å². The third kappa shape index (κ3) is 4.36. The fraction of sp³-hybridized carbons (Fsp3) is 0.500. The molecule has 1 aromatic heterocycles. The number of nitrogens with zero attached hydrogens (tertiary/aromatic N) is 3. The molecule has 2 aromatic rings. The fourth-order valence-electron chi connectivity index (χ4n) is 3.33. The van der Waals surface area contributed by atoms with Gasteiger partial charge in [-0.2, -0.15) is 0 Å². The van der Waals surface area contributed by atoms with E-state index in [9.17, 15) is 0 Å². The highest BCUT2D eigenvalue weighted by Gasteiger charge is 2.33. The normalized spacial score (nSPS) is 18.8. The Kier molecular flexibility index (Phi) is 5.49. The Bertz CT molecular complexity index is 765. The summed E-state index contributed by atoms with van der Waals surface area (Å²) in [6.07, 6.45) is 4.70. The lowest BCUT2D eigenvalue weighted by molar-refractivity contribution is 0.0694. The summed E-state index contributed by atoms with van der Waals surface area (Å²) in [6, 6.07) is 8.41. The van der Waals surface area contributed by atoms with Crippen LogP contribution >= 0.6 is 0 Å². The molecule has 6 heteroatoms. The zero-order valence-corrected chi connectivity index (χ0v) is 16.1. The minimum Gasteiger partial charge on any atom is -0.487 e. The zero-order valence-electron chi connectivity index (χ0n) is 16.1. The number of benzene rings is 1. The number of hydrogen-bond donors (Lipinski definition) is 2. The molecule has 0 bridgehead atoms. The highest BCUT2D eigenvalue weighted by Crippen LogP contribution is 2.39. The summed E-state index contributed by atoms with van der Waals surface area (Å²) in [7, 11) is 0. The van der Waals surface area contributed by atoms with Crippen LogP contribution in [-0.4, -0.2) is 34.2 Å². The van der Waals surface area contributed by atoms with Gasteiger partial charge in [0.25, 0.3) is 0 Å². The first-order valence-corrected chi connectivity index (χ1v) is 9.29. The maximum atomic E-state index is 6.12. The van der Waals surface area contributed by atoms with Gasteiger partial charge in [0.1, 0.15) is 17.2 Å². The van der Waals surface area contributed by atoms with Crippen LogP contribution in [0.2, 0.25) is 0 Å². The molecule has 6 nitrogen and oxygen atoms in total. The number of rotatable bonds is 5. The highest BCUT2D eigenvalue weighted by molar-refractivity contribution is 5.80. The Labute approximate surface area is 155 Å². The molecule has 1 unspecified atom stereocenters. The van der Waals surface area contributed by atoms with Crippen molar-refractivity contribution in [3.8, 4) is 5.75 Å². The summed E-state index contributed by atoms with van der Waals surface area (Å²) in [5, 5.41) is 6.95. The predicted molar refractivity (Wildman–Crippen MR) is 105 cm³/mol.